The Bertz CT molecular complexity index is 366. The number of nitrogens with zero attached hydrogens (tertiary/aromatic N) is 2. The summed E-state index contributed by atoms with van der Waals surface area (Å²) in [4.78, 5) is 15.7. The van der Waals surface area contributed by atoms with E-state index in [1.54, 1.807) is 23.0 Å². The zero-order valence-corrected chi connectivity index (χ0v) is 10.9. The number of hydrogen-bond donors (Lipinski definition) is 0. The molecule has 94 valence electrons. The molecule has 0 bridgehead atoms. The fourth-order valence-corrected chi connectivity index (χ4v) is 1.73. The molecule has 0 spiro atoms. The maximum absolute atomic E-state index is 11.7. The van der Waals surface area contributed by atoms with Gasteiger partial charge in [-0.25, -0.2) is 4.98 Å². The standard InChI is InChI=1S/C14H22N2O/c1-3-4-5-6-7-8-9-10-13(17)14-15-11-12-16(14)2/h9-12H,3-8H2,1-2H3/b10-9+. The number of aromatic nitrogens is 2. The van der Waals surface area contributed by atoms with Gasteiger partial charge in [0.1, 0.15) is 0 Å². The molecule has 1 aromatic rings. The molecule has 0 saturated heterocycles. The third kappa shape index (κ3) is 4.98. The van der Waals surface area contributed by atoms with E-state index in [4.69, 9.17) is 0 Å². The van der Waals surface area contributed by atoms with Gasteiger partial charge in [0, 0.05) is 19.4 Å². The molecule has 1 aromatic heterocycles. The number of ketones is 1. The van der Waals surface area contributed by atoms with Crippen molar-refractivity contribution in [1.82, 2.24) is 9.55 Å². The molecule has 0 amide bonds. The average Bonchev–Trinajstić information content (AvgIpc) is 2.74. The van der Waals surface area contributed by atoms with Crippen LogP contribution >= 0.6 is 0 Å². The molecule has 1 heterocycles. The number of allylic oxidation sites excluding steroid dienone is 2. The molecule has 3 heteroatoms. The summed E-state index contributed by atoms with van der Waals surface area (Å²) >= 11 is 0. The van der Waals surface area contributed by atoms with E-state index in [0.717, 1.165) is 6.42 Å². The van der Waals surface area contributed by atoms with Crippen LogP contribution in [0.3, 0.4) is 0 Å². The minimum atomic E-state index is -0.00828. The van der Waals surface area contributed by atoms with Gasteiger partial charge in [0.15, 0.2) is 5.82 Å². The zero-order chi connectivity index (χ0) is 12.5. The summed E-state index contributed by atoms with van der Waals surface area (Å²) in [5, 5.41) is 0. The van der Waals surface area contributed by atoms with Crippen molar-refractivity contribution in [2.45, 2.75) is 45.4 Å². The predicted molar refractivity (Wildman–Crippen MR) is 70.1 cm³/mol. The fraction of sp³-hybridized carbons (Fsp3) is 0.571. The van der Waals surface area contributed by atoms with Gasteiger partial charge in [0.2, 0.25) is 5.78 Å². The minimum absolute atomic E-state index is 0.00828. The van der Waals surface area contributed by atoms with Crippen LogP contribution in [0.1, 0.15) is 56.1 Å². The molecule has 3 nitrogen and oxygen atoms in total. The number of aryl methyl sites for hydroxylation is 1. The lowest BCUT2D eigenvalue weighted by molar-refractivity contribution is 0.103. The quantitative estimate of drug-likeness (QED) is 0.392. The normalized spacial score (nSPS) is 11.2. The molecule has 0 saturated carbocycles. The summed E-state index contributed by atoms with van der Waals surface area (Å²) in [5.74, 6) is 0.498. The summed E-state index contributed by atoms with van der Waals surface area (Å²) in [6.07, 6.45) is 14.3. The number of rotatable bonds is 8. The number of carbonyl (C=O) groups is 1. The van der Waals surface area contributed by atoms with Crippen LogP contribution in [0.5, 0.6) is 0 Å². The van der Waals surface area contributed by atoms with Gasteiger partial charge in [0.25, 0.3) is 0 Å². The molecule has 0 N–H and O–H groups in total. The highest BCUT2D eigenvalue weighted by Gasteiger charge is 2.05. The van der Waals surface area contributed by atoms with E-state index in [1.807, 2.05) is 13.1 Å². The molecule has 0 aliphatic heterocycles. The minimum Gasteiger partial charge on any atom is -0.331 e. The second-order valence-electron chi connectivity index (χ2n) is 4.33. The van der Waals surface area contributed by atoms with Crippen molar-refractivity contribution in [3.05, 3.63) is 30.4 Å². The van der Waals surface area contributed by atoms with Crippen LogP contribution in [0.25, 0.3) is 0 Å². The van der Waals surface area contributed by atoms with Crippen molar-refractivity contribution < 1.29 is 4.79 Å². The van der Waals surface area contributed by atoms with Crippen LogP contribution < -0.4 is 0 Å². The van der Waals surface area contributed by atoms with E-state index in [1.165, 1.54) is 32.1 Å². The number of imidazole rings is 1. The van der Waals surface area contributed by atoms with Crippen molar-refractivity contribution in [3.8, 4) is 0 Å². The van der Waals surface area contributed by atoms with Crippen LogP contribution in [0.4, 0.5) is 0 Å². The van der Waals surface area contributed by atoms with E-state index < -0.39 is 0 Å². The maximum Gasteiger partial charge on any atom is 0.220 e. The Kier molecular flexibility index (Phi) is 6.30. The lowest BCUT2D eigenvalue weighted by Gasteiger charge is -1.97. The van der Waals surface area contributed by atoms with Crippen molar-refractivity contribution in [1.29, 1.82) is 0 Å². The van der Waals surface area contributed by atoms with Gasteiger partial charge in [-0.05, 0) is 18.9 Å². The number of unbranched alkanes of at least 4 members (excludes halogenated alkanes) is 5. The summed E-state index contributed by atoms with van der Waals surface area (Å²) in [5.41, 5.74) is 0. The third-order valence-corrected chi connectivity index (χ3v) is 2.79. The molecule has 0 aromatic carbocycles. The van der Waals surface area contributed by atoms with E-state index in [9.17, 15) is 4.79 Å². The molecule has 0 fully saturated rings. The van der Waals surface area contributed by atoms with Gasteiger partial charge >= 0.3 is 0 Å². The Hall–Kier alpha value is -1.38. The van der Waals surface area contributed by atoms with Crippen molar-refractivity contribution >= 4 is 5.78 Å². The average molecular weight is 234 g/mol. The Labute approximate surface area is 104 Å². The molecule has 17 heavy (non-hydrogen) atoms. The van der Waals surface area contributed by atoms with Crippen LogP contribution in [0, 0.1) is 0 Å². The summed E-state index contributed by atoms with van der Waals surface area (Å²) < 4.78 is 1.74. The van der Waals surface area contributed by atoms with Crippen LogP contribution in [-0.4, -0.2) is 15.3 Å². The SMILES string of the molecule is CCCCCCC/C=C/C(=O)c1nccn1C. The maximum atomic E-state index is 11.7. The summed E-state index contributed by atoms with van der Waals surface area (Å²) in [7, 11) is 1.83. The third-order valence-electron chi connectivity index (χ3n) is 2.79. The first-order valence-electron chi connectivity index (χ1n) is 6.44. The van der Waals surface area contributed by atoms with Crippen molar-refractivity contribution in [3.63, 3.8) is 0 Å². The molecule has 0 aliphatic rings. The van der Waals surface area contributed by atoms with Crippen LogP contribution in [0.15, 0.2) is 24.5 Å². The van der Waals surface area contributed by atoms with Gasteiger partial charge in [0.05, 0.1) is 0 Å². The monoisotopic (exact) mass is 234 g/mol. The molecule has 0 radical (unpaired) electrons. The van der Waals surface area contributed by atoms with E-state index in [0.29, 0.717) is 5.82 Å². The predicted octanol–water partition coefficient (Wildman–Crippen LogP) is 3.52. The van der Waals surface area contributed by atoms with Crippen LogP contribution in [0.2, 0.25) is 0 Å². The van der Waals surface area contributed by atoms with Crippen molar-refractivity contribution in [2.75, 3.05) is 0 Å². The second-order valence-corrected chi connectivity index (χ2v) is 4.33. The Morgan fingerprint density at radius 2 is 2.12 bits per heavy atom. The molecule has 1 rings (SSSR count). The van der Waals surface area contributed by atoms with Gasteiger partial charge < -0.3 is 4.57 Å². The smallest absolute Gasteiger partial charge is 0.220 e. The summed E-state index contributed by atoms with van der Waals surface area (Å²) in [6.45, 7) is 2.21. The fourth-order valence-electron chi connectivity index (χ4n) is 1.73. The first-order chi connectivity index (χ1) is 8.25. The molecular formula is C14H22N2O. The highest BCUT2D eigenvalue weighted by Crippen LogP contribution is 2.06. The summed E-state index contributed by atoms with van der Waals surface area (Å²) in [6, 6.07) is 0. The molecule has 0 unspecified atom stereocenters. The molecular weight excluding hydrogens is 212 g/mol. The highest BCUT2D eigenvalue weighted by atomic mass is 16.1. The lowest BCUT2D eigenvalue weighted by Crippen LogP contribution is -2.03. The topological polar surface area (TPSA) is 34.9 Å². The Morgan fingerprint density at radius 3 is 2.76 bits per heavy atom. The lowest BCUT2D eigenvalue weighted by atomic mass is 10.1. The highest BCUT2D eigenvalue weighted by molar-refractivity contribution is 6.01. The number of carbonyl (C=O) groups excluding carboxylic acids is 1. The van der Waals surface area contributed by atoms with Gasteiger partial charge in [-0.15, -0.1) is 0 Å². The van der Waals surface area contributed by atoms with E-state index in [2.05, 4.69) is 11.9 Å². The Morgan fingerprint density at radius 1 is 1.35 bits per heavy atom. The second kappa shape index (κ2) is 7.82. The van der Waals surface area contributed by atoms with Gasteiger partial charge in [-0.3, -0.25) is 4.79 Å². The van der Waals surface area contributed by atoms with E-state index >= 15 is 0 Å². The number of hydrogen-bond acceptors (Lipinski definition) is 2. The molecule has 0 aliphatic carbocycles. The largest absolute Gasteiger partial charge is 0.331 e. The van der Waals surface area contributed by atoms with Crippen LogP contribution in [-0.2, 0) is 7.05 Å². The zero-order valence-electron chi connectivity index (χ0n) is 10.9. The molecule has 0 atom stereocenters. The van der Waals surface area contributed by atoms with Gasteiger partial charge in [-0.1, -0.05) is 38.7 Å². The van der Waals surface area contributed by atoms with E-state index in [-0.39, 0.29) is 5.78 Å². The van der Waals surface area contributed by atoms with Gasteiger partial charge in [-0.2, -0.15) is 0 Å². The first-order valence-corrected chi connectivity index (χ1v) is 6.44. The Balaban J connectivity index is 2.21. The van der Waals surface area contributed by atoms with Crippen molar-refractivity contribution in [2.24, 2.45) is 7.05 Å². The first kappa shape index (κ1) is 13.7.